The van der Waals surface area contributed by atoms with Gasteiger partial charge in [0.25, 0.3) is 0 Å². The summed E-state index contributed by atoms with van der Waals surface area (Å²) in [5.74, 6) is 0.223. The molecule has 1 heterocycles. The van der Waals surface area contributed by atoms with Crippen molar-refractivity contribution in [2.24, 2.45) is 0 Å². The number of nitrogens with zero attached hydrogens (tertiary/aromatic N) is 1. The molecule has 19 heavy (non-hydrogen) atoms. The van der Waals surface area contributed by atoms with Crippen LogP contribution in [0.2, 0.25) is 0 Å². The molecule has 0 saturated carbocycles. The Kier molecular flexibility index (Phi) is 4.97. The van der Waals surface area contributed by atoms with Crippen molar-refractivity contribution < 1.29 is 4.79 Å². The summed E-state index contributed by atoms with van der Waals surface area (Å²) in [6.07, 6.45) is 4.58. The van der Waals surface area contributed by atoms with Crippen LogP contribution in [0.1, 0.15) is 50.4 Å². The van der Waals surface area contributed by atoms with Crippen LogP contribution in [-0.4, -0.2) is 23.9 Å². The fourth-order valence-corrected chi connectivity index (χ4v) is 2.56. The standard InChI is InChI=1S/C16H24N2O/c1-3-5-6-11-18-15(19)12-17-16(18)14-9-7-13(4-2)8-10-14/h7-10,16-17H,3-6,11-12H2,1-2H3. The van der Waals surface area contributed by atoms with Crippen molar-refractivity contribution in [2.45, 2.75) is 45.7 Å². The largest absolute Gasteiger partial charge is 0.322 e. The molecule has 1 aliphatic heterocycles. The van der Waals surface area contributed by atoms with E-state index in [0.717, 1.165) is 19.4 Å². The molecular weight excluding hydrogens is 236 g/mol. The summed E-state index contributed by atoms with van der Waals surface area (Å²) in [7, 11) is 0. The molecule has 3 nitrogen and oxygen atoms in total. The van der Waals surface area contributed by atoms with Crippen molar-refractivity contribution in [1.29, 1.82) is 0 Å². The Morgan fingerprint density at radius 3 is 2.58 bits per heavy atom. The van der Waals surface area contributed by atoms with E-state index in [2.05, 4.69) is 43.4 Å². The van der Waals surface area contributed by atoms with E-state index in [0.29, 0.717) is 6.54 Å². The van der Waals surface area contributed by atoms with Gasteiger partial charge in [0.1, 0.15) is 6.17 Å². The van der Waals surface area contributed by atoms with Crippen LogP contribution in [0.4, 0.5) is 0 Å². The molecule has 3 heteroatoms. The molecule has 0 radical (unpaired) electrons. The van der Waals surface area contributed by atoms with Gasteiger partial charge in [-0.05, 0) is 24.0 Å². The second-order valence-electron chi connectivity index (χ2n) is 5.17. The molecule has 1 aromatic carbocycles. The van der Waals surface area contributed by atoms with Crippen LogP contribution in [0.15, 0.2) is 24.3 Å². The summed E-state index contributed by atoms with van der Waals surface area (Å²) in [6, 6.07) is 8.60. The highest BCUT2D eigenvalue weighted by molar-refractivity contribution is 5.80. The van der Waals surface area contributed by atoms with Crippen LogP contribution >= 0.6 is 0 Å². The van der Waals surface area contributed by atoms with Crippen molar-refractivity contribution >= 4 is 5.91 Å². The van der Waals surface area contributed by atoms with Gasteiger partial charge in [-0.25, -0.2) is 0 Å². The number of nitrogens with one attached hydrogen (secondary N) is 1. The number of rotatable bonds is 6. The lowest BCUT2D eigenvalue weighted by Crippen LogP contribution is -2.31. The Hall–Kier alpha value is -1.35. The van der Waals surface area contributed by atoms with E-state index in [9.17, 15) is 4.79 Å². The van der Waals surface area contributed by atoms with Gasteiger partial charge in [-0.3, -0.25) is 10.1 Å². The van der Waals surface area contributed by atoms with Gasteiger partial charge < -0.3 is 4.90 Å². The maximum Gasteiger partial charge on any atom is 0.238 e. The zero-order valence-electron chi connectivity index (χ0n) is 12.0. The maximum absolute atomic E-state index is 11.9. The first kappa shape index (κ1) is 14.1. The predicted octanol–water partition coefficient (Wildman–Crippen LogP) is 2.87. The van der Waals surface area contributed by atoms with Gasteiger partial charge >= 0.3 is 0 Å². The van der Waals surface area contributed by atoms with Crippen LogP contribution in [0, 0.1) is 0 Å². The lowest BCUT2D eigenvalue weighted by Gasteiger charge is -2.24. The lowest BCUT2D eigenvalue weighted by atomic mass is 10.1. The molecule has 0 bridgehead atoms. The Balaban J connectivity index is 2.05. The van der Waals surface area contributed by atoms with E-state index in [1.807, 2.05) is 4.90 Å². The number of amides is 1. The molecule has 1 fully saturated rings. The zero-order chi connectivity index (χ0) is 13.7. The second kappa shape index (κ2) is 6.71. The van der Waals surface area contributed by atoms with Gasteiger partial charge in [-0.1, -0.05) is 51.0 Å². The van der Waals surface area contributed by atoms with Gasteiger partial charge in [0.05, 0.1) is 6.54 Å². The summed E-state index contributed by atoms with van der Waals surface area (Å²) < 4.78 is 0. The van der Waals surface area contributed by atoms with Crippen LogP contribution in [0.5, 0.6) is 0 Å². The molecule has 2 rings (SSSR count). The minimum atomic E-state index is 0.0651. The summed E-state index contributed by atoms with van der Waals surface area (Å²) >= 11 is 0. The minimum Gasteiger partial charge on any atom is -0.322 e. The Morgan fingerprint density at radius 2 is 1.95 bits per heavy atom. The number of carbonyl (C=O) groups is 1. The number of unbranched alkanes of at least 4 members (excludes halogenated alkanes) is 2. The average Bonchev–Trinajstić information content (AvgIpc) is 2.81. The Labute approximate surface area is 116 Å². The van der Waals surface area contributed by atoms with Crippen molar-refractivity contribution in [1.82, 2.24) is 10.2 Å². The molecule has 1 atom stereocenters. The number of carbonyl (C=O) groups excluding carboxylic acids is 1. The van der Waals surface area contributed by atoms with E-state index < -0.39 is 0 Å². The first-order valence-corrected chi connectivity index (χ1v) is 7.38. The second-order valence-corrected chi connectivity index (χ2v) is 5.17. The molecule has 104 valence electrons. The summed E-state index contributed by atoms with van der Waals surface area (Å²) in [5.41, 5.74) is 2.53. The van der Waals surface area contributed by atoms with Gasteiger partial charge in [-0.2, -0.15) is 0 Å². The van der Waals surface area contributed by atoms with Crippen molar-refractivity contribution in [2.75, 3.05) is 13.1 Å². The third-order valence-corrected chi connectivity index (χ3v) is 3.78. The van der Waals surface area contributed by atoms with Crippen LogP contribution in [0.25, 0.3) is 0 Å². The fraction of sp³-hybridized carbons (Fsp3) is 0.562. The highest BCUT2D eigenvalue weighted by atomic mass is 16.2. The molecule has 0 aliphatic carbocycles. The predicted molar refractivity (Wildman–Crippen MR) is 77.8 cm³/mol. The normalized spacial score (nSPS) is 19.2. The Morgan fingerprint density at radius 1 is 1.21 bits per heavy atom. The van der Waals surface area contributed by atoms with E-state index in [1.165, 1.54) is 24.0 Å². The van der Waals surface area contributed by atoms with Crippen LogP contribution in [0.3, 0.4) is 0 Å². The van der Waals surface area contributed by atoms with Crippen LogP contribution < -0.4 is 5.32 Å². The monoisotopic (exact) mass is 260 g/mol. The number of aryl methyl sites for hydroxylation is 1. The zero-order valence-corrected chi connectivity index (χ0v) is 12.0. The molecule has 1 N–H and O–H groups in total. The summed E-state index contributed by atoms with van der Waals surface area (Å²) in [5, 5.41) is 3.31. The van der Waals surface area contributed by atoms with Gasteiger partial charge in [-0.15, -0.1) is 0 Å². The van der Waals surface area contributed by atoms with Gasteiger partial charge in [0.2, 0.25) is 5.91 Å². The van der Waals surface area contributed by atoms with E-state index >= 15 is 0 Å². The molecule has 0 aromatic heterocycles. The van der Waals surface area contributed by atoms with Crippen LogP contribution in [-0.2, 0) is 11.2 Å². The smallest absolute Gasteiger partial charge is 0.238 e. The molecular formula is C16H24N2O. The van der Waals surface area contributed by atoms with E-state index in [4.69, 9.17) is 0 Å². The number of hydrogen-bond acceptors (Lipinski definition) is 2. The molecule has 1 saturated heterocycles. The molecule has 1 aliphatic rings. The average molecular weight is 260 g/mol. The highest BCUT2D eigenvalue weighted by Gasteiger charge is 2.30. The van der Waals surface area contributed by atoms with Gasteiger partial charge in [0.15, 0.2) is 0 Å². The quantitative estimate of drug-likeness (QED) is 0.798. The number of hydrogen-bond donors (Lipinski definition) is 1. The van der Waals surface area contributed by atoms with E-state index in [1.54, 1.807) is 0 Å². The molecule has 1 aromatic rings. The highest BCUT2D eigenvalue weighted by Crippen LogP contribution is 2.23. The maximum atomic E-state index is 11.9. The molecule has 1 unspecified atom stereocenters. The Bertz CT molecular complexity index is 413. The van der Waals surface area contributed by atoms with Crippen molar-refractivity contribution in [3.63, 3.8) is 0 Å². The summed E-state index contributed by atoms with van der Waals surface area (Å²) in [4.78, 5) is 13.9. The topological polar surface area (TPSA) is 32.3 Å². The lowest BCUT2D eigenvalue weighted by molar-refractivity contribution is -0.128. The SMILES string of the molecule is CCCCCN1C(=O)CNC1c1ccc(CC)cc1. The van der Waals surface area contributed by atoms with E-state index in [-0.39, 0.29) is 12.1 Å². The van der Waals surface area contributed by atoms with Gasteiger partial charge in [0, 0.05) is 6.54 Å². The molecule has 0 spiro atoms. The number of benzene rings is 1. The third kappa shape index (κ3) is 3.35. The first-order valence-electron chi connectivity index (χ1n) is 7.38. The fourth-order valence-electron chi connectivity index (χ4n) is 2.56. The first-order chi connectivity index (χ1) is 9.26. The van der Waals surface area contributed by atoms with Crippen molar-refractivity contribution in [3.8, 4) is 0 Å². The third-order valence-electron chi connectivity index (χ3n) is 3.78. The van der Waals surface area contributed by atoms with Crippen molar-refractivity contribution in [3.05, 3.63) is 35.4 Å². The minimum absolute atomic E-state index is 0.0651. The molecule has 1 amide bonds. The summed E-state index contributed by atoms with van der Waals surface area (Å²) in [6.45, 7) is 5.67.